The summed E-state index contributed by atoms with van der Waals surface area (Å²) in [6.45, 7) is 0. The summed E-state index contributed by atoms with van der Waals surface area (Å²) in [5.74, 6) is -1.31. The molecule has 0 amide bonds. The monoisotopic (exact) mass is 290 g/mol. The van der Waals surface area contributed by atoms with Gasteiger partial charge < -0.3 is 5.32 Å². The molecule has 0 unspecified atom stereocenters. The van der Waals surface area contributed by atoms with Crippen LogP contribution in [0.15, 0.2) is 48.7 Å². The lowest BCUT2D eigenvalue weighted by molar-refractivity contribution is 0.591. The van der Waals surface area contributed by atoms with Crippen molar-refractivity contribution in [3.05, 3.63) is 65.3 Å². The molecule has 0 saturated carbocycles. The third-order valence-corrected chi connectivity index (χ3v) is 3.16. The van der Waals surface area contributed by atoms with E-state index in [1.165, 1.54) is 18.2 Å². The molecule has 20 heavy (non-hydrogen) atoms. The average Bonchev–Trinajstić information content (AvgIpc) is 2.43. The van der Waals surface area contributed by atoms with Crippen molar-refractivity contribution in [2.75, 3.05) is 5.32 Å². The van der Waals surface area contributed by atoms with Crippen LogP contribution in [-0.4, -0.2) is 4.98 Å². The summed E-state index contributed by atoms with van der Waals surface area (Å²) in [5, 5.41) is 3.99. The minimum absolute atomic E-state index is 0.194. The zero-order valence-electron chi connectivity index (χ0n) is 10.2. The predicted molar refractivity (Wildman–Crippen MR) is 76.4 cm³/mol. The number of hydrogen-bond acceptors (Lipinski definition) is 2. The fraction of sp³-hybridized carbons (Fsp3) is 0. The topological polar surface area (TPSA) is 24.9 Å². The van der Waals surface area contributed by atoms with Gasteiger partial charge in [-0.15, -0.1) is 0 Å². The van der Waals surface area contributed by atoms with Gasteiger partial charge in [-0.05, 0) is 36.4 Å². The maximum atomic E-state index is 13.7. The molecule has 100 valence electrons. The Morgan fingerprint density at radius 1 is 1.00 bits per heavy atom. The Hall–Kier alpha value is -2.20. The highest BCUT2D eigenvalue weighted by Crippen LogP contribution is 2.29. The highest BCUT2D eigenvalue weighted by molar-refractivity contribution is 6.31. The van der Waals surface area contributed by atoms with Crippen molar-refractivity contribution < 1.29 is 8.78 Å². The van der Waals surface area contributed by atoms with Crippen molar-refractivity contribution in [1.82, 2.24) is 4.98 Å². The second kappa shape index (κ2) is 5.06. The Morgan fingerprint density at radius 2 is 1.75 bits per heavy atom. The van der Waals surface area contributed by atoms with Crippen molar-refractivity contribution in [3.63, 3.8) is 0 Å². The van der Waals surface area contributed by atoms with Crippen LogP contribution in [0.3, 0.4) is 0 Å². The van der Waals surface area contributed by atoms with Crippen molar-refractivity contribution in [2.24, 2.45) is 0 Å². The normalized spacial score (nSPS) is 10.8. The number of aromatic nitrogens is 1. The number of anilines is 2. The molecule has 0 spiro atoms. The molecule has 0 fully saturated rings. The van der Waals surface area contributed by atoms with Gasteiger partial charge in [0.1, 0.15) is 17.3 Å². The fourth-order valence-electron chi connectivity index (χ4n) is 1.98. The van der Waals surface area contributed by atoms with E-state index >= 15 is 0 Å². The van der Waals surface area contributed by atoms with Crippen molar-refractivity contribution in [2.45, 2.75) is 0 Å². The molecule has 3 aromatic rings. The molecular formula is C15H9ClF2N2. The molecule has 1 aromatic heterocycles. The maximum Gasteiger partial charge on any atom is 0.149 e. The molecule has 0 atom stereocenters. The molecule has 1 heterocycles. The first kappa shape index (κ1) is 12.8. The van der Waals surface area contributed by atoms with Crippen LogP contribution in [0.4, 0.5) is 20.2 Å². The highest BCUT2D eigenvalue weighted by Gasteiger charge is 2.10. The molecular weight excluding hydrogens is 282 g/mol. The molecule has 5 heteroatoms. The van der Waals surface area contributed by atoms with Gasteiger partial charge in [-0.1, -0.05) is 17.7 Å². The molecule has 3 rings (SSSR count). The van der Waals surface area contributed by atoms with Crippen molar-refractivity contribution in [1.29, 1.82) is 0 Å². The van der Waals surface area contributed by atoms with Crippen LogP contribution in [0.1, 0.15) is 0 Å². The molecule has 2 nitrogen and oxygen atoms in total. The average molecular weight is 291 g/mol. The van der Waals surface area contributed by atoms with E-state index in [1.807, 2.05) is 0 Å². The number of halogens is 3. The summed E-state index contributed by atoms with van der Waals surface area (Å²) in [4.78, 5) is 4.18. The van der Waals surface area contributed by atoms with E-state index in [-0.39, 0.29) is 5.69 Å². The Morgan fingerprint density at radius 3 is 2.50 bits per heavy atom. The first-order valence-corrected chi connectivity index (χ1v) is 6.28. The number of fused-ring (bicyclic) bond motifs is 1. The number of para-hydroxylation sites is 1. The van der Waals surface area contributed by atoms with Crippen molar-refractivity contribution >= 4 is 33.9 Å². The third-order valence-electron chi connectivity index (χ3n) is 2.93. The molecule has 0 saturated heterocycles. The zero-order valence-corrected chi connectivity index (χ0v) is 11.0. The van der Waals surface area contributed by atoms with Crippen LogP contribution in [-0.2, 0) is 0 Å². The van der Waals surface area contributed by atoms with Gasteiger partial charge in [0.25, 0.3) is 0 Å². The maximum absolute atomic E-state index is 13.7. The Balaban J connectivity index is 2.13. The summed E-state index contributed by atoms with van der Waals surface area (Å²) in [5.41, 5.74) is 1.04. The number of benzene rings is 2. The standard InChI is InChI=1S/C15H9ClF2N2/c16-9-4-5-13-10(8-9)14(6-7-19-13)20-15-11(17)2-1-3-12(15)18/h1-8H,(H,19,20). The number of rotatable bonds is 2. The van der Waals surface area contributed by atoms with Crippen LogP contribution in [0.25, 0.3) is 10.9 Å². The third kappa shape index (κ3) is 2.30. The summed E-state index contributed by atoms with van der Waals surface area (Å²) < 4.78 is 27.3. The molecule has 0 radical (unpaired) electrons. The van der Waals surface area contributed by atoms with Gasteiger partial charge >= 0.3 is 0 Å². The highest BCUT2D eigenvalue weighted by atomic mass is 35.5. The van der Waals surface area contributed by atoms with Gasteiger partial charge in [0.2, 0.25) is 0 Å². The predicted octanol–water partition coefficient (Wildman–Crippen LogP) is 4.91. The zero-order chi connectivity index (χ0) is 14.1. The smallest absolute Gasteiger partial charge is 0.149 e. The second-order valence-electron chi connectivity index (χ2n) is 4.24. The molecule has 0 aliphatic carbocycles. The second-order valence-corrected chi connectivity index (χ2v) is 4.68. The van der Waals surface area contributed by atoms with Gasteiger partial charge in [-0.2, -0.15) is 0 Å². The minimum atomic E-state index is -0.656. The van der Waals surface area contributed by atoms with Gasteiger partial charge in [0, 0.05) is 22.3 Å². The number of nitrogens with one attached hydrogen (secondary N) is 1. The number of pyridine rings is 1. The van der Waals surface area contributed by atoms with Crippen LogP contribution in [0.5, 0.6) is 0 Å². The summed E-state index contributed by atoms with van der Waals surface area (Å²) in [7, 11) is 0. The van der Waals surface area contributed by atoms with E-state index in [2.05, 4.69) is 10.3 Å². The van der Waals surface area contributed by atoms with Crippen LogP contribution in [0, 0.1) is 11.6 Å². The fourth-order valence-corrected chi connectivity index (χ4v) is 2.15. The first-order valence-electron chi connectivity index (χ1n) is 5.90. The minimum Gasteiger partial charge on any atom is -0.350 e. The van der Waals surface area contributed by atoms with Gasteiger partial charge in [0.05, 0.1) is 5.52 Å². The Kier molecular flexibility index (Phi) is 3.24. The lowest BCUT2D eigenvalue weighted by atomic mass is 10.1. The van der Waals surface area contributed by atoms with Crippen LogP contribution in [0.2, 0.25) is 5.02 Å². The van der Waals surface area contributed by atoms with Gasteiger partial charge in [-0.25, -0.2) is 8.78 Å². The molecule has 2 aromatic carbocycles. The Bertz CT molecular complexity index is 770. The summed E-state index contributed by atoms with van der Waals surface area (Å²) >= 11 is 5.95. The lowest BCUT2D eigenvalue weighted by Gasteiger charge is -2.11. The van der Waals surface area contributed by atoms with E-state index in [0.29, 0.717) is 21.6 Å². The summed E-state index contributed by atoms with van der Waals surface area (Å²) in [6.07, 6.45) is 1.57. The SMILES string of the molecule is Fc1cccc(F)c1Nc1ccnc2ccc(Cl)cc12. The number of nitrogens with zero attached hydrogens (tertiary/aromatic N) is 1. The van der Waals surface area contributed by atoms with Gasteiger partial charge in [0.15, 0.2) is 0 Å². The Labute approximate surface area is 119 Å². The van der Waals surface area contributed by atoms with E-state index < -0.39 is 11.6 Å². The molecule has 1 N–H and O–H groups in total. The van der Waals surface area contributed by atoms with E-state index in [4.69, 9.17) is 11.6 Å². The summed E-state index contributed by atoms with van der Waals surface area (Å²) in [6, 6.07) is 10.5. The molecule has 0 bridgehead atoms. The van der Waals surface area contributed by atoms with E-state index in [0.717, 1.165) is 0 Å². The van der Waals surface area contributed by atoms with E-state index in [9.17, 15) is 8.78 Å². The largest absolute Gasteiger partial charge is 0.350 e. The quantitative estimate of drug-likeness (QED) is 0.725. The van der Waals surface area contributed by atoms with Crippen LogP contribution < -0.4 is 5.32 Å². The van der Waals surface area contributed by atoms with Crippen LogP contribution >= 0.6 is 11.6 Å². The lowest BCUT2D eigenvalue weighted by Crippen LogP contribution is -1.98. The van der Waals surface area contributed by atoms with Gasteiger partial charge in [-0.3, -0.25) is 4.98 Å². The first-order chi connectivity index (χ1) is 9.65. The number of hydrogen-bond donors (Lipinski definition) is 1. The molecule has 0 aliphatic rings. The molecule has 0 aliphatic heterocycles. The van der Waals surface area contributed by atoms with E-state index in [1.54, 1.807) is 30.5 Å². The van der Waals surface area contributed by atoms with Crippen molar-refractivity contribution in [3.8, 4) is 0 Å².